The van der Waals surface area contributed by atoms with Crippen LogP contribution in [0.15, 0.2) is 30.0 Å². The number of hydrogen-bond donors (Lipinski definition) is 0. The van der Waals surface area contributed by atoms with Crippen LogP contribution in [-0.4, -0.2) is 0 Å². The van der Waals surface area contributed by atoms with Crippen molar-refractivity contribution in [3.8, 4) is 0 Å². The molecule has 0 saturated carbocycles. The van der Waals surface area contributed by atoms with Gasteiger partial charge in [-0.1, -0.05) is 48.7 Å². The Morgan fingerprint density at radius 3 is 2.00 bits per heavy atom. The summed E-state index contributed by atoms with van der Waals surface area (Å²) in [6.45, 7) is 8.50. The third-order valence-electron chi connectivity index (χ3n) is 2.42. The normalized spacial score (nSPS) is 9.25. The Morgan fingerprint density at radius 1 is 1.12 bits per heavy atom. The second kappa shape index (κ2) is 7.60. The maximum Gasteiger partial charge on any atom is 1.00 e. The Hall–Kier alpha value is -0.643. The zero-order valence-electron chi connectivity index (χ0n) is 11.2. The van der Waals surface area contributed by atoms with Crippen molar-refractivity contribution in [2.75, 3.05) is 0 Å². The monoisotopic (exact) mass is 209 g/mol. The minimum atomic E-state index is 0. The van der Waals surface area contributed by atoms with Crippen molar-refractivity contribution in [3.63, 3.8) is 0 Å². The van der Waals surface area contributed by atoms with E-state index in [0.717, 1.165) is 12.8 Å². The summed E-state index contributed by atoms with van der Waals surface area (Å²) < 4.78 is 0. The molecule has 0 amide bonds. The van der Waals surface area contributed by atoms with Gasteiger partial charge in [-0.3, -0.25) is 0 Å². The molecule has 0 saturated heterocycles. The standard InChI is InChI=1S/C14H20N.Li/c1-5-12-8-7-9-13(6-2)14(12)15-10-11(3)4;/h7-10H,5-6H2,1-4H3;/q-1;+1. The molecule has 0 spiro atoms. The molecule has 0 N–H and O–H groups in total. The fourth-order valence-electron chi connectivity index (χ4n) is 1.57. The van der Waals surface area contributed by atoms with Gasteiger partial charge in [0.15, 0.2) is 0 Å². The van der Waals surface area contributed by atoms with Crippen LogP contribution in [0.3, 0.4) is 0 Å². The van der Waals surface area contributed by atoms with Gasteiger partial charge >= 0.3 is 18.9 Å². The molecule has 0 bridgehead atoms. The van der Waals surface area contributed by atoms with Gasteiger partial charge in [-0.2, -0.15) is 6.20 Å². The molecule has 82 valence electrons. The molecule has 2 heteroatoms. The van der Waals surface area contributed by atoms with Gasteiger partial charge in [-0.15, -0.1) is 5.69 Å². The van der Waals surface area contributed by atoms with E-state index in [0.29, 0.717) is 0 Å². The van der Waals surface area contributed by atoms with E-state index >= 15 is 0 Å². The van der Waals surface area contributed by atoms with E-state index in [1.54, 1.807) is 0 Å². The molecule has 0 atom stereocenters. The largest absolute Gasteiger partial charge is 1.00 e. The number of hydrogen-bond acceptors (Lipinski definition) is 0. The molecular weight excluding hydrogens is 189 g/mol. The Bertz CT molecular complexity index is 330. The van der Waals surface area contributed by atoms with Crippen molar-refractivity contribution >= 4 is 5.69 Å². The molecule has 0 fully saturated rings. The first kappa shape index (κ1) is 15.4. The fraction of sp³-hybridized carbons (Fsp3) is 0.429. The molecule has 0 unspecified atom stereocenters. The van der Waals surface area contributed by atoms with Gasteiger partial charge in [-0.05, 0) is 26.7 Å². The van der Waals surface area contributed by atoms with Crippen LogP contribution in [0, 0.1) is 0 Å². The summed E-state index contributed by atoms with van der Waals surface area (Å²) in [5, 5.41) is 4.59. The first-order chi connectivity index (χ1) is 7.19. The Kier molecular flexibility index (Phi) is 7.30. The van der Waals surface area contributed by atoms with Gasteiger partial charge < -0.3 is 5.32 Å². The topological polar surface area (TPSA) is 14.1 Å². The molecule has 1 aromatic rings. The molecular formula is C14H20LiN. The van der Waals surface area contributed by atoms with E-state index in [4.69, 9.17) is 0 Å². The number of benzene rings is 1. The van der Waals surface area contributed by atoms with Crippen LogP contribution in [0.1, 0.15) is 38.8 Å². The second-order valence-corrected chi connectivity index (χ2v) is 3.97. The van der Waals surface area contributed by atoms with E-state index in [1.165, 1.54) is 22.4 Å². The van der Waals surface area contributed by atoms with Crippen LogP contribution in [0.2, 0.25) is 0 Å². The van der Waals surface area contributed by atoms with Crippen LogP contribution in [0.25, 0.3) is 5.32 Å². The predicted molar refractivity (Wildman–Crippen MR) is 67.6 cm³/mol. The predicted octanol–water partition coefficient (Wildman–Crippen LogP) is 1.74. The number of rotatable bonds is 4. The molecule has 0 aromatic heterocycles. The number of para-hydroxylation sites is 1. The smallest absolute Gasteiger partial charge is 0.664 e. The third kappa shape index (κ3) is 4.08. The first-order valence-corrected chi connectivity index (χ1v) is 5.64. The average molecular weight is 209 g/mol. The van der Waals surface area contributed by atoms with E-state index in [-0.39, 0.29) is 18.9 Å². The third-order valence-corrected chi connectivity index (χ3v) is 2.42. The van der Waals surface area contributed by atoms with E-state index in [2.05, 4.69) is 51.2 Å². The summed E-state index contributed by atoms with van der Waals surface area (Å²) in [6.07, 6.45) is 4.04. The van der Waals surface area contributed by atoms with Crippen LogP contribution in [-0.2, 0) is 12.8 Å². The maximum absolute atomic E-state index is 4.59. The second-order valence-electron chi connectivity index (χ2n) is 3.97. The van der Waals surface area contributed by atoms with Gasteiger partial charge in [0.2, 0.25) is 0 Å². The SMILES string of the molecule is CCc1cccc(CC)c1[N-]C=C(C)C.[Li+]. The van der Waals surface area contributed by atoms with Crippen LogP contribution < -0.4 is 18.9 Å². The molecule has 0 aliphatic heterocycles. The molecule has 0 aliphatic carbocycles. The Morgan fingerprint density at radius 2 is 1.62 bits per heavy atom. The van der Waals surface area contributed by atoms with Crippen molar-refractivity contribution in [3.05, 3.63) is 46.4 Å². The van der Waals surface area contributed by atoms with Crippen molar-refractivity contribution in [1.82, 2.24) is 0 Å². The number of allylic oxidation sites excluding steroid dienone is 1. The summed E-state index contributed by atoms with van der Waals surface area (Å²) in [5.41, 5.74) is 5.09. The minimum Gasteiger partial charge on any atom is -0.664 e. The summed E-state index contributed by atoms with van der Waals surface area (Å²) in [5.74, 6) is 0. The minimum absolute atomic E-state index is 0. The molecule has 1 aromatic carbocycles. The van der Waals surface area contributed by atoms with E-state index in [9.17, 15) is 0 Å². The first-order valence-electron chi connectivity index (χ1n) is 5.64. The van der Waals surface area contributed by atoms with Crippen molar-refractivity contribution in [2.24, 2.45) is 0 Å². The van der Waals surface area contributed by atoms with Gasteiger partial charge in [0.25, 0.3) is 0 Å². The molecule has 1 rings (SSSR count). The molecule has 0 aliphatic rings. The van der Waals surface area contributed by atoms with Gasteiger partial charge in [-0.25, -0.2) is 0 Å². The molecule has 0 heterocycles. The van der Waals surface area contributed by atoms with Crippen molar-refractivity contribution < 1.29 is 18.9 Å². The van der Waals surface area contributed by atoms with Crippen LogP contribution in [0.4, 0.5) is 5.69 Å². The zero-order valence-corrected chi connectivity index (χ0v) is 11.2. The van der Waals surface area contributed by atoms with Gasteiger partial charge in [0, 0.05) is 0 Å². The van der Waals surface area contributed by atoms with Gasteiger partial charge in [0.05, 0.1) is 0 Å². The quantitative estimate of drug-likeness (QED) is 0.671. The number of aryl methyl sites for hydroxylation is 2. The molecule has 16 heavy (non-hydrogen) atoms. The molecule has 1 nitrogen and oxygen atoms in total. The van der Waals surface area contributed by atoms with E-state index < -0.39 is 0 Å². The Labute approximate surface area is 112 Å². The van der Waals surface area contributed by atoms with Gasteiger partial charge in [0.1, 0.15) is 0 Å². The summed E-state index contributed by atoms with van der Waals surface area (Å²) in [7, 11) is 0. The van der Waals surface area contributed by atoms with Crippen molar-refractivity contribution in [2.45, 2.75) is 40.5 Å². The summed E-state index contributed by atoms with van der Waals surface area (Å²) >= 11 is 0. The van der Waals surface area contributed by atoms with Crippen molar-refractivity contribution in [1.29, 1.82) is 0 Å². The summed E-state index contributed by atoms with van der Waals surface area (Å²) in [4.78, 5) is 0. The number of nitrogens with zero attached hydrogens (tertiary/aromatic N) is 1. The fourth-order valence-corrected chi connectivity index (χ4v) is 1.57. The van der Waals surface area contributed by atoms with Crippen LogP contribution in [0.5, 0.6) is 0 Å². The average Bonchev–Trinajstić information content (AvgIpc) is 2.25. The Balaban J connectivity index is 0.00000225. The zero-order chi connectivity index (χ0) is 11.3. The summed E-state index contributed by atoms with van der Waals surface area (Å²) in [6, 6.07) is 6.45. The maximum atomic E-state index is 4.59. The van der Waals surface area contributed by atoms with E-state index in [1.807, 2.05) is 6.20 Å². The molecule has 0 radical (unpaired) electrons. The van der Waals surface area contributed by atoms with Crippen LogP contribution >= 0.6 is 0 Å².